The first kappa shape index (κ1) is 22.3. The van der Waals surface area contributed by atoms with Gasteiger partial charge in [-0.3, -0.25) is 0 Å². The Bertz CT molecular complexity index is 1170. The average Bonchev–Trinajstić information content (AvgIpc) is 3.45. The predicted molar refractivity (Wildman–Crippen MR) is 120 cm³/mol. The second-order valence-electron chi connectivity index (χ2n) is 8.05. The van der Waals surface area contributed by atoms with Crippen LogP contribution in [0.1, 0.15) is 50.2 Å². The van der Waals surface area contributed by atoms with Crippen LogP contribution in [0.2, 0.25) is 0 Å². The number of carbonyl (C=O) groups is 2. The third-order valence-electron chi connectivity index (χ3n) is 5.60. The fraction of sp³-hybridized carbons (Fsp3) is 0.269. The fourth-order valence-electron chi connectivity index (χ4n) is 3.71. The molecule has 0 unspecified atom stereocenters. The molecule has 0 radical (unpaired) electrons. The van der Waals surface area contributed by atoms with E-state index in [0.717, 1.165) is 11.1 Å². The number of nitriles is 1. The standard InChI is InChI=1S/C26H24N2O5/c1-17-5-9-19(10-6-17)25(29)31-16-23-22(33-26(30)20-11-7-18(2)8-12-20)14-24(32-23)28-13-3-4-21(28)15-27/h3-13,22-24H,14,16H2,1-2H3/t22-,23+,24+/m0/s1. The first-order valence-electron chi connectivity index (χ1n) is 10.7. The Labute approximate surface area is 192 Å². The molecule has 4 rings (SSSR count). The molecule has 3 atom stereocenters. The lowest BCUT2D eigenvalue weighted by atomic mass is 10.1. The molecule has 0 N–H and O–H groups in total. The molecule has 1 fully saturated rings. The van der Waals surface area contributed by atoms with Crippen molar-refractivity contribution >= 4 is 11.9 Å². The van der Waals surface area contributed by atoms with E-state index < -0.39 is 30.4 Å². The smallest absolute Gasteiger partial charge is 0.338 e. The summed E-state index contributed by atoms with van der Waals surface area (Å²) in [6, 6.07) is 19.7. The van der Waals surface area contributed by atoms with E-state index >= 15 is 0 Å². The van der Waals surface area contributed by atoms with E-state index in [9.17, 15) is 14.9 Å². The van der Waals surface area contributed by atoms with Crippen LogP contribution in [0.25, 0.3) is 0 Å². The summed E-state index contributed by atoms with van der Waals surface area (Å²) in [5.74, 6) is -0.962. The number of hydrogen-bond acceptors (Lipinski definition) is 6. The van der Waals surface area contributed by atoms with Gasteiger partial charge in [0.1, 0.15) is 36.8 Å². The summed E-state index contributed by atoms with van der Waals surface area (Å²) in [6.07, 6.45) is 0.223. The van der Waals surface area contributed by atoms with Crippen LogP contribution in [0.5, 0.6) is 0 Å². The molecule has 7 nitrogen and oxygen atoms in total. The van der Waals surface area contributed by atoms with Gasteiger partial charge >= 0.3 is 11.9 Å². The van der Waals surface area contributed by atoms with Crippen molar-refractivity contribution in [3.05, 3.63) is 94.8 Å². The topological polar surface area (TPSA) is 90.6 Å². The van der Waals surface area contributed by atoms with Gasteiger partial charge < -0.3 is 18.8 Å². The van der Waals surface area contributed by atoms with Gasteiger partial charge in [0.15, 0.2) is 0 Å². The summed E-state index contributed by atoms with van der Waals surface area (Å²) in [5.41, 5.74) is 3.37. The van der Waals surface area contributed by atoms with Crippen LogP contribution < -0.4 is 0 Å². The molecule has 2 heterocycles. The Morgan fingerprint density at radius 3 is 2.21 bits per heavy atom. The van der Waals surface area contributed by atoms with Gasteiger partial charge in [-0.2, -0.15) is 5.26 Å². The molecule has 3 aromatic rings. The molecule has 1 saturated heterocycles. The van der Waals surface area contributed by atoms with E-state index in [0.29, 0.717) is 23.2 Å². The van der Waals surface area contributed by atoms with Crippen molar-refractivity contribution < 1.29 is 23.8 Å². The first-order chi connectivity index (χ1) is 15.9. The van der Waals surface area contributed by atoms with Crippen molar-refractivity contribution in [2.75, 3.05) is 6.61 Å². The molecule has 0 saturated carbocycles. The van der Waals surface area contributed by atoms with Crippen LogP contribution >= 0.6 is 0 Å². The highest BCUT2D eigenvalue weighted by atomic mass is 16.6. The second-order valence-corrected chi connectivity index (χ2v) is 8.05. The van der Waals surface area contributed by atoms with Gasteiger partial charge in [0.25, 0.3) is 0 Å². The van der Waals surface area contributed by atoms with Gasteiger partial charge in [0.2, 0.25) is 0 Å². The Hall–Kier alpha value is -3.89. The van der Waals surface area contributed by atoms with Crippen molar-refractivity contribution in [1.82, 2.24) is 4.57 Å². The molecule has 0 aliphatic carbocycles. The molecular weight excluding hydrogens is 420 g/mol. The lowest BCUT2D eigenvalue weighted by Gasteiger charge is -2.19. The lowest BCUT2D eigenvalue weighted by molar-refractivity contribution is -0.0572. The SMILES string of the molecule is Cc1ccc(C(=O)OC[C@H]2O[C@@H](n3cccc3C#N)C[C@@H]2OC(=O)c2ccc(C)cc2)cc1. The van der Waals surface area contributed by atoms with Gasteiger partial charge in [0, 0.05) is 12.6 Å². The molecule has 168 valence electrons. The summed E-state index contributed by atoms with van der Waals surface area (Å²) in [5, 5.41) is 9.36. The number of esters is 2. The van der Waals surface area contributed by atoms with Gasteiger partial charge in [-0.1, -0.05) is 35.4 Å². The molecule has 0 bridgehead atoms. The molecule has 2 aromatic carbocycles. The van der Waals surface area contributed by atoms with Gasteiger partial charge in [-0.25, -0.2) is 9.59 Å². The maximum Gasteiger partial charge on any atom is 0.338 e. The quantitative estimate of drug-likeness (QED) is 0.525. The molecule has 0 spiro atoms. The zero-order valence-electron chi connectivity index (χ0n) is 18.4. The maximum absolute atomic E-state index is 12.7. The normalized spacial score (nSPS) is 19.6. The van der Waals surface area contributed by atoms with E-state index in [4.69, 9.17) is 14.2 Å². The van der Waals surface area contributed by atoms with Gasteiger partial charge in [-0.15, -0.1) is 0 Å². The molecule has 7 heteroatoms. The Morgan fingerprint density at radius 2 is 1.61 bits per heavy atom. The Kier molecular flexibility index (Phi) is 6.57. The van der Waals surface area contributed by atoms with Crippen LogP contribution in [0.15, 0.2) is 66.9 Å². The molecule has 1 aliphatic rings. The van der Waals surface area contributed by atoms with Crippen molar-refractivity contribution in [3.63, 3.8) is 0 Å². The van der Waals surface area contributed by atoms with E-state index in [2.05, 4.69) is 6.07 Å². The van der Waals surface area contributed by atoms with Crippen LogP contribution in [-0.2, 0) is 14.2 Å². The molecular formula is C26H24N2O5. The van der Waals surface area contributed by atoms with E-state index in [-0.39, 0.29) is 6.61 Å². The number of benzene rings is 2. The molecule has 1 aromatic heterocycles. The van der Waals surface area contributed by atoms with E-state index in [1.165, 1.54) is 0 Å². The summed E-state index contributed by atoms with van der Waals surface area (Å²) in [6.45, 7) is 3.79. The highest BCUT2D eigenvalue weighted by Crippen LogP contribution is 2.33. The van der Waals surface area contributed by atoms with Gasteiger partial charge in [0.05, 0.1) is 11.1 Å². The number of carbonyl (C=O) groups excluding carboxylic acids is 2. The lowest BCUT2D eigenvalue weighted by Crippen LogP contribution is -2.32. The van der Waals surface area contributed by atoms with Crippen LogP contribution in [0.3, 0.4) is 0 Å². The number of aryl methyl sites for hydroxylation is 2. The van der Waals surface area contributed by atoms with Crippen molar-refractivity contribution in [2.24, 2.45) is 0 Å². The number of nitrogens with zero attached hydrogens (tertiary/aromatic N) is 2. The Balaban J connectivity index is 1.48. The molecule has 33 heavy (non-hydrogen) atoms. The largest absolute Gasteiger partial charge is 0.459 e. The molecule has 0 amide bonds. The zero-order chi connectivity index (χ0) is 23.4. The van der Waals surface area contributed by atoms with E-state index in [1.807, 2.05) is 38.1 Å². The van der Waals surface area contributed by atoms with Crippen molar-refractivity contribution in [3.8, 4) is 6.07 Å². The third-order valence-corrected chi connectivity index (χ3v) is 5.60. The number of hydrogen-bond donors (Lipinski definition) is 0. The highest BCUT2D eigenvalue weighted by molar-refractivity contribution is 5.90. The summed E-state index contributed by atoms with van der Waals surface area (Å²) in [7, 11) is 0. The second kappa shape index (κ2) is 9.72. The number of aromatic nitrogens is 1. The number of ether oxygens (including phenoxy) is 3. The summed E-state index contributed by atoms with van der Waals surface area (Å²) < 4.78 is 19.0. The van der Waals surface area contributed by atoms with Crippen LogP contribution in [0, 0.1) is 25.2 Å². The monoisotopic (exact) mass is 444 g/mol. The fourth-order valence-corrected chi connectivity index (χ4v) is 3.71. The Morgan fingerprint density at radius 1 is 1.00 bits per heavy atom. The summed E-state index contributed by atoms with van der Waals surface area (Å²) in [4.78, 5) is 25.2. The molecule has 1 aliphatic heterocycles. The predicted octanol–water partition coefficient (Wildman–Crippen LogP) is 4.35. The highest BCUT2D eigenvalue weighted by Gasteiger charge is 2.40. The maximum atomic E-state index is 12.7. The van der Waals surface area contributed by atoms with Crippen LogP contribution in [0.4, 0.5) is 0 Å². The zero-order valence-corrected chi connectivity index (χ0v) is 18.4. The minimum atomic E-state index is -0.673. The van der Waals surface area contributed by atoms with Crippen molar-refractivity contribution in [2.45, 2.75) is 38.7 Å². The third kappa shape index (κ3) is 5.13. The van der Waals surface area contributed by atoms with E-state index in [1.54, 1.807) is 47.2 Å². The van der Waals surface area contributed by atoms with Gasteiger partial charge in [-0.05, 0) is 50.2 Å². The first-order valence-corrected chi connectivity index (χ1v) is 10.7. The number of rotatable bonds is 6. The summed E-state index contributed by atoms with van der Waals surface area (Å²) >= 11 is 0. The minimum Gasteiger partial charge on any atom is -0.459 e. The van der Waals surface area contributed by atoms with Crippen molar-refractivity contribution in [1.29, 1.82) is 5.26 Å². The minimum absolute atomic E-state index is 0.0851. The van der Waals surface area contributed by atoms with Crippen LogP contribution in [-0.4, -0.2) is 35.3 Å². The average molecular weight is 444 g/mol.